The van der Waals surface area contributed by atoms with Gasteiger partial charge in [-0.05, 0) is 23.5 Å². The molecule has 0 aliphatic rings. The van der Waals surface area contributed by atoms with Gasteiger partial charge in [-0.3, -0.25) is 10.1 Å². The first-order chi connectivity index (χ1) is 9.88. The zero-order chi connectivity index (χ0) is 15.6. The van der Waals surface area contributed by atoms with Crippen LogP contribution in [0.4, 0.5) is 5.69 Å². The van der Waals surface area contributed by atoms with Gasteiger partial charge in [0, 0.05) is 17.7 Å². The molecule has 2 aromatic carbocycles. The van der Waals surface area contributed by atoms with E-state index in [2.05, 4.69) is 13.8 Å². The maximum absolute atomic E-state index is 10.8. The van der Waals surface area contributed by atoms with Gasteiger partial charge in [0.25, 0.3) is 5.69 Å². The number of benzene rings is 2. The molecule has 0 saturated carbocycles. The molecule has 3 nitrogen and oxygen atoms in total. The number of nitrogens with zero attached hydrogens (tertiary/aromatic N) is 1. The lowest BCUT2D eigenvalue weighted by atomic mass is 9.99. The molecule has 0 amide bonds. The standard InChI is InChI=1S/C16H15Cl2NO2/c1-10(2)7-11-3-5-12(6-4-11)16-14(17)8-13(19(20)21)9-15(16)18/h3-6,8-10H,7H2,1-2H3. The molecule has 0 aliphatic carbocycles. The number of hydrogen-bond donors (Lipinski definition) is 0. The molecule has 0 spiro atoms. The second-order valence-electron chi connectivity index (χ2n) is 5.34. The third-order valence-electron chi connectivity index (χ3n) is 3.12. The molecular weight excluding hydrogens is 309 g/mol. The van der Waals surface area contributed by atoms with Gasteiger partial charge in [-0.2, -0.15) is 0 Å². The summed E-state index contributed by atoms with van der Waals surface area (Å²) in [5, 5.41) is 11.4. The number of halogens is 2. The first-order valence-corrected chi connectivity index (χ1v) is 7.37. The molecule has 0 heterocycles. The highest BCUT2D eigenvalue weighted by Crippen LogP contribution is 2.38. The summed E-state index contributed by atoms with van der Waals surface area (Å²) in [4.78, 5) is 10.3. The van der Waals surface area contributed by atoms with Crippen LogP contribution in [0.2, 0.25) is 10.0 Å². The average Bonchev–Trinajstić information content (AvgIpc) is 2.39. The normalized spacial score (nSPS) is 10.9. The van der Waals surface area contributed by atoms with Gasteiger partial charge in [-0.1, -0.05) is 61.3 Å². The van der Waals surface area contributed by atoms with E-state index in [0.717, 1.165) is 12.0 Å². The second kappa shape index (κ2) is 6.46. The molecule has 0 bridgehead atoms. The number of nitro benzene ring substituents is 1. The minimum Gasteiger partial charge on any atom is -0.258 e. The van der Waals surface area contributed by atoms with Gasteiger partial charge < -0.3 is 0 Å². The van der Waals surface area contributed by atoms with Crippen LogP contribution in [0, 0.1) is 16.0 Å². The third kappa shape index (κ3) is 3.74. The van der Waals surface area contributed by atoms with Gasteiger partial charge in [-0.25, -0.2) is 0 Å². The fourth-order valence-corrected chi connectivity index (χ4v) is 2.91. The first kappa shape index (κ1) is 15.8. The van der Waals surface area contributed by atoms with Crippen molar-refractivity contribution in [3.63, 3.8) is 0 Å². The largest absolute Gasteiger partial charge is 0.272 e. The zero-order valence-electron chi connectivity index (χ0n) is 11.8. The Labute approximate surface area is 133 Å². The van der Waals surface area contributed by atoms with Crippen molar-refractivity contribution >= 4 is 28.9 Å². The highest BCUT2D eigenvalue weighted by Gasteiger charge is 2.15. The monoisotopic (exact) mass is 323 g/mol. The number of hydrogen-bond acceptors (Lipinski definition) is 2. The Hall–Kier alpha value is -1.58. The van der Waals surface area contributed by atoms with Crippen molar-refractivity contribution in [1.29, 1.82) is 0 Å². The molecule has 0 N–H and O–H groups in total. The summed E-state index contributed by atoms with van der Waals surface area (Å²) in [6, 6.07) is 10.6. The molecule has 0 fully saturated rings. The van der Waals surface area contributed by atoms with E-state index in [1.807, 2.05) is 24.3 Å². The maximum atomic E-state index is 10.8. The molecule has 0 aromatic heterocycles. The van der Waals surface area contributed by atoms with Crippen LogP contribution in [0.25, 0.3) is 11.1 Å². The first-order valence-electron chi connectivity index (χ1n) is 6.61. The van der Waals surface area contributed by atoms with Crippen molar-refractivity contribution in [3.8, 4) is 11.1 Å². The Morgan fingerprint density at radius 3 is 2.05 bits per heavy atom. The van der Waals surface area contributed by atoms with Gasteiger partial charge in [0.15, 0.2) is 0 Å². The summed E-state index contributed by atoms with van der Waals surface area (Å²) in [6.07, 6.45) is 1.00. The SMILES string of the molecule is CC(C)Cc1ccc(-c2c(Cl)cc([N+](=O)[O-])cc2Cl)cc1. The molecule has 5 heteroatoms. The Kier molecular flexibility index (Phi) is 4.86. The van der Waals surface area contributed by atoms with Gasteiger partial charge in [0.1, 0.15) is 0 Å². The van der Waals surface area contributed by atoms with E-state index >= 15 is 0 Å². The van der Waals surface area contributed by atoms with E-state index < -0.39 is 4.92 Å². The Morgan fingerprint density at radius 1 is 1.10 bits per heavy atom. The van der Waals surface area contributed by atoms with Crippen molar-refractivity contribution in [3.05, 3.63) is 62.1 Å². The minimum atomic E-state index is -0.507. The lowest BCUT2D eigenvalue weighted by molar-refractivity contribution is -0.384. The molecule has 2 rings (SSSR count). The summed E-state index contributed by atoms with van der Waals surface area (Å²) in [6.45, 7) is 4.33. The lowest BCUT2D eigenvalue weighted by Crippen LogP contribution is -1.94. The lowest BCUT2D eigenvalue weighted by Gasteiger charge is -2.09. The van der Waals surface area contributed by atoms with Crippen LogP contribution < -0.4 is 0 Å². The number of non-ortho nitro benzene ring substituents is 1. The van der Waals surface area contributed by atoms with Crippen LogP contribution in [0.5, 0.6) is 0 Å². The summed E-state index contributed by atoms with van der Waals surface area (Å²) in [5.74, 6) is 0.586. The highest BCUT2D eigenvalue weighted by atomic mass is 35.5. The minimum absolute atomic E-state index is 0.106. The van der Waals surface area contributed by atoms with E-state index in [9.17, 15) is 10.1 Å². The Balaban J connectivity index is 2.40. The molecular formula is C16H15Cl2NO2. The molecule has 0 atom stereocenters. The van der Waals surface area contributed by atoms with Crippen LogP contribution in [0.1, 0.15) is 19.4 Å². The van der Waals surface area contributed by atoms with Crippen LogP contribution in [0.3, 0.4) is 0 Å². The predicted molar refractivity (Wildman–Crippen MR) is 87.1 cm³/mol. The van der Waals surface area contributed by atoms with Crippen molar-refractivity contribution < 1.29 is 4.92 Å². The summed E-state index contributed by atoms with van der Waals surface area (Å²) in [7, 11) is 0. The van der Waals surface area contributed by atoms with Crippen LogP contribution in [-0.2, 0) is 6.42 Å². The van der Waals surface area contributed by atoms with Crippen molar-refractivity contribution in [2.75, 3.05) is 0 Å². The van der Waals surface area contributed by atoms with E-state index in [0.29, 0.717) is 11.5 Å². The molecule has 0 unspecified atom stereocenters. The fourth-order valence-electron chi connectivity index (χ4n) is 2.22. The smallest absolute Gasteiger partial charge is 0.258 e. The van der Waals surface area contributed by atoms with Crippen molar-refractivity contribution in [2.24, 2.45) is 5.92 Å². The molecule has 0 radical (unpaired) electrons. The Morgan fingerprint density at radius 2 is 1.62 bits per heavy atom. The van der Waals surface area contributed by atoms with Crippen LogP contribution in [-0.4, -0.2) is 4.92 Å². The quantitative estimate of drug-likeness (QED) is 0.529. The van der Waals surface area contributed by atoms with Crippen molar-refractivity contribution in [1.82, 2.24) is 0 Å². The average molecular weight is 324 g/mol. The highest BCUT2D eigenvalue weighted by molar-refractivity contribution is 6.39. The van der Waals surface area contributed by atoms with Crippen LogP contribution in [0.15, 0.2) is 36.4 Å². The van der Waals surface area contributed by atoms with Gasteiger partial charge >= 0.3 is 0 Å². The topological polar surface area (TPSA) is 43.1 Å². The summed E-state index contributed by atoms with van der Waals surface area (Å²) >= 11 is 12.3. The van der Waals surface area contributed by atoms with Gasteiger partial charge in [0.2, 0.25) is 0 Å². The Bertz CT molecular complexity index is 643. The third-order valence-corrected chi connectivity index (χ3v) is 3.72. The maximum Gasteiger partial charge on any atom is 0.272 e. The van der Waals surface area contributed by atoms with Gasteiger partial charge in [0.05, 0.1) is 15.0 Å². The number of rotatable bonds is 4. The predicted octanol–water partition coefficient (Wildman–Crippen LogP) is 5.77. The van der Waals surface area contributed by atoms with E-state index in [1.165, 1.54) is 17.7 Å². The van der Waals surface area contributed by atoms with Crippen molar-refractivity contribution in [2.45, 2.75) is 20.3 Å². The van der Waals surface area contributed by atoms with E-state index in [-0.39, 0.29) is 15.7 Å². The van der Waals surface area contributed by atoms with E-state index in [1.54, 1.807) is 0 Å². The molecule has 110 valence electrons. The second-order valence-corrected chi connectivity index (χ2v) is 6.15. The summed E-state index contributed by atoms with van der Waals surface area (Å²) in [5.41, 5.74) is 2.61. The number of nitro groups is 1. The fraction of sp³-hybridized carbons (Fsp3) is 0.250. The molecule has 0 aliphatic heterocycles. The summed E-state index contributed by atoms with van der Waals surface area (Å²) < 4.78 is 0. The molecule has 0 saturated heterocycles. The molecule has 2 aromatic rings. The zero-order valence-corrected chi connectivity index (χ0v) is 13.3. The van der Waals surface area contributed by atoms with Crippen LogP contribution >= 0.6 is 23.2 Å². The molecule has 21 heavy (non-hydrogen) atoms. The van der Waals surface area contributed by atoms with Gasteiger partial charge in [-0.15, -0.1) is 0 Å². The van der Waals surface area contributed by atoms with E-state index in [4.69, 9.17) is 23.2 Å².